The van der Waals surface area contributed by atoms with Gasteiger partial charge in [-0.15, -0.1) is 11.8 Å². The van der Waals surface area contributed by atoms with Crippen LogP contribution in [-0.4, -0.2) is 18.3 Å². The second kappa shape index (κ2) is 8.78. The van der Waals surface area contributed by atoms with Crippen LogP contribution in [-0.2, 0) is 4.79 Å². The maximum atomic E-state index is 12.5. The number of ether oxygens (including phenoxy) is 1. The number of nitrogens with one attached hydrogen (secondary N) is 1. The topological polar surface area (TPSA) is 38.3 Å². The summed E-state index contributed by atoms with van der Waals surface area (Å²) >= 11 is 1.58. The molecule has 2 unspecified atom stereocenters. The van der Waals surface area contributed by atoms with Gasteiger partial charge in [-0.25, -0.2) is 0 Å². The molecule has 0 spiro atoms. The van der Waals surface area contributed by atoms with Gasteiger partial charge in [0.25, 0.3) is 0 Å². The highest BCUT2D eigenvalue weighted by molar-refractivity contribution is 8.00. The third-order valence-corrected chi connectivity index (χ3v) is 5.06. The van der Waals surface area contributed by atoms with Crippen molar-refractivity contribution in [2.24, 2.45) is 0 Å². The van der Waals surface area contributed by atoms with Crippen molar-refractivity contribution in [2.45, 2.75) is 43.4 Å². The van der Waals surface area contributed by atoms with Crippen molar-refractivity contribution in [1.82, 2.24) is 5.32 Å². The highest BCUT2D eigenvalue weighted by Gasteiger charge is 2.19. The zero-order chi connectivity index (χ0) is 17.5. The van der Waals surface area contributed by atoms with Crippen LogP contribution in [0.5, 0.6) is 5.75 Å². The minimum absolute atomic E-state index is 0.0180. The third-order valence-electron chi connectivity index (χ3n) is 3.95. The summed E-state index contributed by atoms with van der Waals surface area (Å²) in [5, 5.41) is 3.01. The van der Waals surface area contributed by atoms with Crippen LogP contribution in [0.15, 0.2) is 53.4 Å². The van der Waals surface area contributed by atoms with E-state index in [2.05, 4.69) is 43.4 Å². The van der Waals surface area contributed by atoms with Crippen LogP contribution in [0.2, 0.25) is 0 Å². The van der Waals surface area contributed by atoms with E-state index in [1.807, 2.05) is 31.2 Å². The quantitative estimate of drug-likeness (QED) is 0.737. The molecule has 0 aliphatic heterocycles. The van der Waals surface area contributed by atoms with E-state index < -0.39 is 0 Å². The molecule has 0 radical (unpaired) electrons. The van der Waals surface area contributed by atoms with Crippen LogP contribution >= 0.6 is 11.8 Å². The first kappa shape index (κ1) is 18.4. The highest BCUT2D eigenvalue weighted by atomic mass is 32.2. The Morgan fingerprint density at radius 1 is 1.12 bits per heavy atom. The average Bonchev–Trinajstić information content (AvgIpc) is 2.61. The molecular weight excluding hydrogens is 318 g/mol. The molecule has 0 heterocycles. The number of amides is 1. The molecule has 2 rings (SSSR count). The number of carbonyl (C=O) groups is 1. The second-order valence-corrected chi connectivity index (χ2v) is 7.23. The molecule has 2 aromatic carbocycles. The summed E-state index contributed by atoms with van der Waals surface area (Å²) < 4.78 is 5.19. The average molecular weight is 343 g/mol. The smallest absolute Gasteiger partial charge is 0.233 e. The Balaban J connectivity index is 1.98. The largest absolute Gasteiger partial charge is 0.497 e. The molecular formula is C20H25NO2S. The fraction of sp³-hybridized carbons (Fsp3) is 0.350. The molecule has 24 heavy (non-hydrogen) atoms. The Morgan fingerprint density at radius 2 is 1.75 bits per heavy atom. The van der Waals surface area contributed by atoms with E-state index in [-0.39, 0.29) is 17.2 Å². The molecule has 4 heteroatoms. The van der Waals surface area contributed by atoms with Crippen molar-refractivity contribution >= 4 is 17.7 Å². The second-order valence-electron chi connectivity index (χ2n) is 5.82. The maximum Gasteiger partial charge on any atom is 0.233 e. The number of hydrogen-bond acceptors (Lipinski definition) is 3. The first-order valence-electron chi connectivity index (χ1n) is 8.21. The third kappa shape index (κ3) is 5.03. The standard InChI is InChI=1S/C20H25NO2S/c1-5-19(16-8-10-17(23-4)11-9-16)21-20(22)15(3)24-18-12-6-14(2)7-13-18/h6-13,15,19H,5H2,1-4H3,(H,21,22). The number of thioether (sulfide) groups is 1. The number of benzene rings is 2. The first-order chi connectivity index (χ1) is 11.5. The van der Waals surface area contributed by atoms with Crippen molar-refractivity contribution in [1.29, 1.82) is 0 Å². The summed E-state index contributed by atoms with van der Waals surface area (Å²) in [5.74, 6) is 0.881. The molecule has 0 fully saturated rings. The molecule has 0 aliphatic carbocycles. The molecule has 3 nitrogen and oxygen atoms in total. The molecule has 0 aromatic heterocycles. The number of hydrogen-bond donors (Lipinski definition) is 1. The van der Waals surface area contributed by atoms with Crippen LogP contribution in [0.4, 0.5) is 0 Å². The van der Waals surface area contributed by atoms with Crippen LogP contribution < -0.4 is 10.1 Å². The van der Waals surface area contributed by atoms with Crippen LogP contribution in [0.3, 0.4) is 0 Å². The first-order valence-corrected chi connectivity index (χ1v) is 9.09. The van der Waals surface area contributed by atoms with E-state index in [9.17, 15) is 4.79 Å². The summed E-state index contributed by atoms with van der Waals surface area (Å²) in [4.78, 5) is 13.6. The van der Waals surface area contributed by atoms with E-state index >= 15 is 0 Å². The minimum atomic E-state index is -0.139. The van der Waals surface area contributed by atoms with Gasteiger partial charge in [0.1, 0.15) is 5.75 Å². The fourth-order valence-corrected chi connectivity index (χ4v) is 3.30. The van der Waals surface area contributed by atoms with Crippen molar-refractivity contribution in [2.75, 3.05) is 7.11 Å². The molecule has 0 saturated carbocycles. The predicted octanol–water partition coefficient (Wildman–Crippen LogP) is 4.75. The lowest BCUT2D eigenvalue weighted by atomic mass is 10.0. The number of methoxy groups -OCH3 is 1. The Kier molecular flexibility index (Phi) is 6.73. The highest BCUT2D eigenvalue weighted by Crippen LogP contribution is 2.25. The summed E-state index contributed by atoms with van der Waals surface area (Å²) in [7, 11) is 1.65. The van der Waals surface area contributed by atoms with Crippen molar-refractivity contribution < 1.29 is 9.53 Å². The summed E-state index contributed by atoms with van der Waals surface area (Å²) in [6, 6.07) is 16.1. The van der Waals surface area contributed by atoms with Gasteiger partial charge in [0.2, 0.25) is 5.91 Å². The normalized spacial score (nSPS) is 13.2. The van der Waals surface area contributed by atoms with Gasteiger partial charge in [-0.3, -0.25) is 4.79 Å². The molecule has 2 atom stereocenters. The Labute approximate surface area is 148 Å². The van der Waals surface area contributed by atoms with Crippen molar-refractivity contribution in [3.05, 3.63) is 59.7 Å². The van der Waals surface area contributed by atoms with Gasteiger partial charge in [0.05, 0.1) is 18.4 Å². The summed E-state index contributed by atoms with van der Waals surface area (Å²) in [6.45, 7) is 6.08. The summed E-state index contributed by atoms with van der Waals surface area (Å²) in [6.07, 6.45) is 0.847. The number of aryl methyl sites for hydroxylation is 1. The van der Waals surface area contributed by atoms with E-state index in [1.54, 1.807) is 18.9 Å². The predicted molar refractivity (Wildman–Crippen MR) is 101 cm³/mol. The molecule has 2 aromatic rings. The van der Waals surface area contributed by atoms with E-state index in [1.165, 1.54) is 5.56 Å². The fourth-order valence-electron chi connectivity index (χ4n) is 2.42. The monoisotopic (exact) mass is 343 g/mol. The van der Waals surface area contributed by atoms with Gasteiger partial charge in [-0.1, -0.05) is 36.8 Å². The number of rotatable bonds is 7. The Hall–Kier alpha value is -1.94. The van der Waals surface area contributed by atoms with Gasteiger partial charge < -0.3 is 10.1 Å². The Morgan fingerprint density at radius 3 is 2.29 bits per heavy atom. The molecule has 1 amide bonds. The molecule has 128 valence electrons. The van der Waals surface area contributed by atoms with E-state index in [0.29, 0.717) is 0 Å². The lowest BCUT2D eigenvalue weighted by molar-refractivity contribution is -0.121. The van der Waals surface area contributed by atoms with E-state index in [0.717, 1.165) is 22.6 Å². The molecule has 0 bridgehead atoms. The Bertz CT molecular complexity index is 652. The zero-order valence-corrected chi connectivity index (χ0v) is 15.5. The van der Waals surface area contributed by atoms with Crippen molar-refractivity contribution in [3.63, 3.8) is 0 Å². The molecule has 0 aliphatic rings. The lowest BCUT2D eigenvalue weighted by Crippen LogP contribution is -2.34. The minimum Gasteiger partial charge on any atom is -0.497 e. The van der Waals surface area contributed by atoms with Gasteiger partial charge in [-0.05, 0) is 50.1 Å². The molecule has 0 saturated heterocycles. The van der Waals surface area contributed by atoms with E-state index in [4.69, 9.17) is 4.74 Å². The number of carbonyl (C=O) groups excluding carboxylic acids is 1. The van der Waals surface area contributed by atoms with Gasteiger partial charge in [-0.2, -0.15) is 0 Å². The van der Waals surface area contributed by atoms with Crippen LogP contribution in [0.1, 0.15) is 37.4 Å². The summed E-state index contributed by atoms with van der Waals surface area (Å²) in [5.41, 5.74) is 2.32. The van der Waals surface area contributed by atoms with Gasteiger partial charge in [0, 0.05) is 4.90 Å². The zero-order valence-electron chi connectivity index (χ0n) is 14.7. The van der Waals surface area contributed by atoms with Crippen LogP contribution in [0.25, 0.3) is 0 Å². The van der Waals surface area contributed by atoms with Gasteiger partial charge >= 0.3 is 0 Å². The SMILES string of the molecule is CCC(NC(=O)C(C)Sc1ccc(C)cc1)c1ccc(OC)cc1. The van der Waals surface area contributed by atoms with Crippen LogP contribution in [0, 0.1) is 6.92 Å². The van der Waals surface area contributed by atoms with Gasteiger partial charge in [0.15, 0.2) is 0 Å². The molecule has 1 N–H and O–H groups in total. The maximum absolute atomic E-state index is 12.5. The lowest BCUT2D eigenvalue weighted by Gasteiger charge is -2.20. The van der Waals surface area contributed by atoms with Crippen molar-refractivity contribution in [3.8, 4) is 5.75 Å².